The van der Waals surface area contributed by atoms with Gasteiger partial charge in [0, 0.05) is 14.2 Å². The molecule has 13 heavy (non-hydrogen) atoms. The predicted molar refractivity (Wildman–Crippen MR) is 61.4 cm³/mol. The molecule has 0 aromatic heterocycles. The molecule has 0 amide bonds. The molecule has 1 atom stereocenters. The number of hydrogen-bond donors (Lipinski definition) is 0. The lowest BCUT2D eigenvalue weighted by molar-refractivity contribution is 0.266. The molecule has 0 fully saturated rings. The lowest BCUT2D eigenvalue weighted by atomic mass is 10.3. The highest BCUT2D eigenvalue weighted by atomic mass is 28.3. The first-order valence-corrected chi connectivity index (χ1v) is 6.66. The first-order valence-electron chi connectivity index (χ1n) is 5.05. The monoisotopic (exact) mass is 206 g/mol. The second-order valence-electron chi connectivity index (χ2n) is 3.96. The Kier molecular flexibility index (Phi) is 12.3. The predicted octanol–water partition coefficient (Wildman–Crippen LogP) is 2.96. The normalized spacial score (nSPS) is 12.7. The van der Waals surface area contributed by atoms with Crippen molar-refractivity contribution >= 4 is 9.28 Å². The Morgan fingerprint density at radius 1 is 1.00 bits per heavy atom. The van der Waals surface area contributed by atoms with Crippen LogP contribution in [0.2, 0.25) is 5.54 Å². The fourth-order valence-electron chi connectivity index (χ4n) is 0.753. The molecule has 0 aliphatic heterocycles. The van der Waals surface area contributed by atoms with Crippen LogP contribution in [0.3, 0.4) is 0 Å². The minimum Gasteiger partial charge on any atom is -0.400 e. The zero-order valence-corrected chi connectivity index (χ0v) is 11.4. The van der Waals surface area contributed by atoms with E-state index in [1.54, 1.807) is 14.2 Å². The van der Waals surface area contributed by atoms with Gasteiger partial charge in [-0.1, -0.05) is 41.0 Å². The van der Waals surface area contributed by atoms with Gasteiger partial charge in [-0.3, -0.25) is 0 Å². The van der Waals surface area contributed by atoms with Gasteiger partial charge in [-0.05, 0) is 11.5 Å². The molecule has 3 heteroatoms. The van der Waals surface area contributed by atoms with Crippen LogP contribution in [-0.4, -0.2) is 23.5 Å². The van der Waals surface area contributed by atoms with Crippen molar-refractivity contribution in [3.63, 3.8) is 0 Å². The summed E-state index contributed by atoms with van der Waals surface area (Å²) in [4.78, 5) is 0. The van der Waals surface area contributed by atoms with E-state index in [1.165, 1.54) is 0 Å². The van der Waals surface area contributed by atoms with Crippen LogP contribution >= 0.6 is 0 Å². The quantitative estimate of drug-likeness (QED) is 0.658. The third-order valence-electron chi connectivity index (χ3n) is 1.57. The van der Waals surface area contributed by atoms with Gasteiger partial charge in [0.05, 0.1) is 0 Å². The summed E-state index contributed by atoms with van der Waals surface area (Å²) in [5.41, 5.74) is 0.625. The maximum Gasteiger partial charge on any atom is 0.323 e. The molecule has 0 saturated carbocycles. The van der Waals surface area contributed by atoms with Gasteiger partial charge in [0.15, 0.2) is 0 Å². The van der Waals surface area contributed by atoms with Crippen LogP contribution in [0.5, 0.6) is 0 Å². The van der Waals surface area contributed by atoms with Gasteiger partial charge in [-0.2, -0.15) is 0 Å². The Labute approximate surface area is 85.5 Å². The van der Waals surface area contributed by atoms with E-state index in [9.17, 15) is 0 Å². The highest BCUT2D eigenvalue weighted by Gasteiger charge is 2.16. The van der Waals surface area contributed by atoms with Crippen molar-refractivity contribution in [2.24, 2.45) is 5.92 Å². The van der Waals surface area contributed by atoms with Crippen molar-refractivity contribution in [1.82, 2.24) is 0 Å². The van der Waals surface area contributed by atoms with Crippen molar-refractivity contribution in [3.8, 4) is 0 Å². The van der Waals surface area contributed by atoms with Crippen molar-refractivity contribution in [2.45, 2.75) is 46.6 Å². The van der Waals surface area contributed by atoms with Gasteiger partial charge in [0.1, 0.15) is 0 Å². The molecular weight excluding hydrogens is 180 g/mol. The number of rotatable bonds is 4. The molecule has 0 aliphatic rings. The average molecular weight is 206 g/mol. The molecule has 0 heterocycles. The molecule has 0 aliphatic carbocycles. The standard InChI is InChI=1S/C6H16O2Si.C4H10/c1-5-6(2)9(7-3)8-4;1-4(2)3/h6,9H,5H2,1-4H3;4H,1-3H3. The molecule has 82 valence electrons. The number of hydrogen-bond acceptors (Lipinski definition) is 2. The Morgan fingerprint density at radius 3 is 1.38 bits per heavy atom. The summed E-state index contributed by atoms with van der Waals surface area (Å²) in [6, 6.07) is 0. The lowest BCUT2D eigenvalue weighted by Crippen LogP contribution is -2.23. The van der Waals surface area contributed by atoms with E-state index >= 15 is 0 Å². The van der Waals surface area contributed by atoms with Crippen LogP contribution in [0.4, 0.5) is 0 Å². The summed E-state index contributed by atoms with van der Waals surface area (Å²) in [7, 11) is 2.17. The maximum absolute atomic E-state index is 5.17. The first kappa shape index (κ1) is 15.6. The minimum absolute atomic E-state index is 0.625. The van der Waals surface area contributed by atoms with Crippen LogP contribution in [-0.2, 0) is 8.85 Å². The molecule has 1 unspecified atom stereocenters. The molecule has 0 bridgehead atoms. The van der Waals surface area contributed by atoms with Gasteiger partial charge in [0.2, 0.25) is 0 Å². The topological polar surface area (TPSA) is 18.5 Å². The lowest BCUT2D eigenvalue weighted by Gasteiger charge is -2.16. The molecule has 2 nitrogen and oxygen atoms in total. The summed E-state index contributed by atoms with van der Waals surface area (Å²) >= 11 is 0. The van der Waals surface area contributed by atoms with E-state index in [0.29, 0.717) is 5.54 Å². The van der Waals surface area contributed by atoms with E-state index in [2.05, 4.69) is 34.6 Å². The molecule has 0 rings (SSSR count). The molecule has 0 radical (unpaired) electrons. The van der Waals surface area contributed by atoms with Gasteiger partial charge >= 0.3 is 9.28 Å². The van der Waals surface area contributed by atoms with Crippen molar-refractivity contribution in [2.75, 3.05) is 14.2 Å². The summed E-state index contributed by atoms with van der Waals surface area (Å²) in [6.07, 6.45) is 1.15. The molecule has 0 spiro atoms. The van der Waals surface area contributed by atoms with Crippen LogP contribution < -0.4 is 0 Å². The van der Waals surface area contributed by atoms with Gasteiger partial charge in [-0.25, -0.2) is 0 Å². The summed E-state index contributed by atoms with van der Waals surface area (Å²) in [6.45, 7) is 10.8. The van der Waals surface area contributed by atoms with Gasteiger partial charge < -0.3 is 8.85 Å². The van der Waals surface area contributed by atoms with E-state index in [-0.39, 0.29) is 0 Å². The largest absolute Gasteiger partial charge is 0.400 e. The second kappa shape index (κ2) is 10.2. The summed E-state index contributed by atoms with van der Waals surface area (Å²) in [5, 5.41) is 0. The molecule has 0 aromatic carbocycles. The van der Waals surface area contributed by atoms with E-state index < -0.39 is 9.28 Å². The van der Waals surface area contributed by atoms with Crippen molar-refractivity contribution in [3.05, 3.63) is 0 Å². The van der Waals surface area contributed by atoms with Crippen LogP contribution in [0.1, 0.15) is 41.0 Å². The zero-order valence-electron chi connectivity index (χ0n) is 10.3. The second-order valence-corrected chi connectivity index (χ2v) is 6.78. The van der Waals surface area contributed by atoms with E-state index in [1.807, 2.05) is 0 Å². The SMILES string of the molecule is CC(C)C.CCC(C)[SiH](OC)OC. The van der Waals surface area contributed by atoms with Gasteiger partial charge in [0.25, 0.3) is 0 Å². The Hall–Kier alpha value is 0.137. The molecule has 0 N–H and O–H groups in total. The first-order chi connectivity index (χ1) is 5.99. The maximum atomic E-state index is 5.17. The van der Waals surface area contributed by atoms with Crippen LogP contribution in [0.25, 0.3) is 0 Å². The van der Waals surface area contributed by atoms with Crippen LogP contribution in [0, 0.1) is 5.92 Å². The van der Waals surface area contributed by atoms with Crippen LogP contribution in [0.15, 0.2) is 0 Å². The highest BCUT2D eigenvalue weighted by Crippen LogP contribution is 2.13. The van der Waals surface area contributed by atoms with Crippen molar-refractivity contribution < 1.29 is 8.85 Å². The fourth-order valence-corrected chi connectivity index (χ4v) is 2.26. The zero-order chi connectivity index (χ0) is 10.9. The highest BCUT2D eigenvalue weighted by molar-refractivity contribution is 6.46. The van der Waals surface area contributed by atoms with E-state index in [4.69, 9.17) is 8.85 Å². The molecular formula is C10H26O2Si. The average Bonchev–Trinajstić information content (AvgIpc) is 2.05. The third-order valence-corrected chi connectivity index (χ3v) is 3.90. The smallest absolute Gasteiger partial charge is 0.323 e. The fraction of sp³-hybridized carbons (Fsp3) is 1.00. The molecule has 0 saturated heterocycles. The Morgan fingerprint density at radius 2 is 1.31 bits per heavy atom. The summed E-state index contributed by atoms with van der Waals surface area (Å²) < 4.78 is 10.3. The Bertz CT molecular complexity index is 90.2. The van der Waals surface area contributed by atoms with E-state index in [0.717, 1.165) is 12.3 Å². The van der Waals surface area contributed by atoms with Crippen molar-refractivity contribution in [1.29, 1.82) is 0 Å². The molecule has 0 aromatic rings. The Balaban J connectivity index is 0. The third kappa shape index (κ3) is 12.1. The van der Waals surface area contributed by atoms with Gasteiger partial charge in [-0.15, -0.1) is 0 Å². The minimum atomic E-state index is -1.29. The summed E-state index contributed by atoms with van der Waals surface area (Å²) in [5.74, 6) is 0.833.